The average Bonchev–Trinajstić information content (AvgIpc) is 2.74. The van der Waals surface area contributed by atoms with Crippen LogP contribution in [0.15, 0.2) is 36.4 Å². The lowest BCUT2D eigenvalue weighted by molar-refractivity contribution is -0.139. The maximum atomic E-state index is 14.1. The molecule has 1 heterocycles. The number of carbonyl (C=O) groups excluding carboxylic acids is 1. The molecule has 5 nitrogen and oxygen atoms in total. The van der Waals surface area contributed by atoms with Gasteiger partial charge in [0.05, 0.1) is 31.4 Å². The van der Waals surface area contributed by atoms with Crippen LogP contribution in [0.1, 0.15) is 52.9 Å². The monoisotopic (exact) mass is 437 g/mol. The van der Waals surface area contributed by atoms with E-state index in [1.165, 1.54) is 13.0 Å². The summed E-state index contributed by atoms with van der Waals surface area (Å²) in [6.07, 6.45) is -3.12. The molecule has 1 unspecified atom stereocenters. The van der Waals surface area contributed by atoms with Gasteiger partial charge in [-0.25, -0.2) is 4.79 Å². The molecule has 1 fully saturated rings. The van der Waals surface area contributed by atoms with Crippen molar-refractivity contribution < 1.29 is 32.2 Å². The van der Waals surface area contributed by atoms with Crippen LogP contribution in [0.4, 0.5) is 13.2 Å². The Morgan fingerprint density at radius 2 is 2.00 bits per heavy atom. The van der Waals surface area contributed by atoms with E-state index in [0.717, 1.165) is 6.42 Å². The minimum Gasteiger partial charge on any atom is -0.493 e. The zero-order chi connectivity index (χ0) is 22.4. The Labute approximate surface area is 179 Å². The summed E-state index contributed by atoms with van der Waals surface area (Å²) in [5.41, 5.74) is -1.29. The van der Waals surface area contributed by atoms with Crippen LogP contribution in [0.5, 0.6) is 11.5 Å². The summed E-state index contributed by atoms with van der Waals surface area (Å²) < 4.78 is 58.8. The topological polar surface area (TPSA) is 56.8 Å². The lowest BCUT2D eigenvalue weighted by Gasteiger charge is -2.29. The van der Waals surface area contributed by atoms with Gasteiger partial charge >= 0.3 is 12.1 Å². The predicted molar refractivity (Wildman–Crippen MR) is 110 cm³/mol. The molecule has 0 spiro atoms. The van der Waals surface area contributed by atoms with E-state index in [0.29, 0.717) is 19.6 Å². The van der Waals surface area contributed by atoms with Crippen molar-refractivity contribution in [3.8, 4) is 11.5 Å². The molecule has 168 valence electrons. The number of unbranched alkanes of at least 4 members (excludes halogenated alkanes) is 1. The molecule has 2 aromatic rings. The van der Waals surface area contributed by atoms with Gasteiger partial charge in [-0.05, 0) is 42.7 Å². The van der Waals surface area contributed by atoms with Crippen LogP contribution in [0.2, 0.25) is 0 Å². The third-order valence-corrected chi connectivity index (χ3v) is 5.07. The van der Waals surface area contributed by atoms with Crippen LogP contribution >= 0.6 is 0 Å². The number of morpholine rings is 1. The Hall–Kier alpha value is -2.58. The summed E-state index contributed by atoms with van der Waals surface area (Å²) in [5, 5.41) is 3.06. The van der Waals surface area contributed by atoms with E-state index in [9.17, 15) is 18.0 Å². The van der Waals surface area contributed by atoms with Crippen LogP contribution in [0.25, 0.3) is 0 Å². The van der Waals surface area contributed by atoms with Crippen molar-refractivity contribution >= 4 is 5.97 Å². The molecule has 0 aromatic heterocycles. The highest BCUT2D eigenvalue weighted by molar-refractivity contribution is 5.96. The van der Waals surface area contributed by atoms with Gasteiger partial charge in [0.15, 0.2) is 0 Å². The van der Waals surface area contributed by atoms with Gasteiger partial charge in [-0.2, -0.15) is 13.2 Å². The van der Waals surface area contributed by atoms with Gasteiger partial charge in [0.25, 0.3) is 0 Å². The lowest BCUT2D eigenvalue weighted by Crippen LogP contribution is -2.36. The number of hydrogen-bond acceptors (Lipinski definition) is 5. The fourth-order valence-corrected chi connectivity index (χ4v) is 3.57. The number of esters is 1. The van der Waals surface area contributed by atoms with Gasteiger partial charge in [0.2, 0.25) is 0 Å². The molecular formula is C23H26F3NO4. The van der Waals surface area contributed by atoms with Crippen LogP contribution in [-0.4, -0.2) is 32.3 Å². The molecule has 8 heteroatoms. The van der Waals surface area contributed by atoms with Crippen LogP contribution in [0, 0.1) is 6.92 Å². The standard InChI is InChI=1S/C23H26F3NO4/c1-3-4-11-30-19-13-17(18-14-29-12-10-27-18)21(23(24,25)26)15(2)20(19)22(28)31-16-8-6-5-7-9-16/h5-9,13,18,27H,3-4,10-12,14H2,1-2H3. The number of carbonyl (C=O) groups is 1. The molecule has 2 aromatic carbocycles. The van der Waals surface area contributed by atoms with Crippen molar-refractivity contribution in [1.29, 1.82) is 0 Å². The molecule has 0 aliphatic carbocycles. The molecule has 0 amide bonds. The van der Waals surface area contributed by atoms with Gasteiger partial charge in [-0.3, -0.25) is 0 Å². The average molecular weight is 437 g/mol. The smallest absolute Gasteiger partial charge is 0.417 e. The first-order valence-corrected chi connectivity index (χ1v) is 10.3. The van der Waals surface area contributed by atoms with E-state index in [1.807, 2.05) is 6.92 Å². The maximum Gasteiger partial charge on any atom is 0.417 e. The summed E-state index contributed by atoms with van der Waals surface area (Å²) >= 11 is 0. The van der Waals surface area contributed by atoms with Gasteiger partial charge in [-0.15, -0.1) is 0 Å². The molecule has 1 aliphatic heterocycles. The van der Waals surface area contributed by atoms with Crippen molar-refractivity contribution in [2.24, 2.45) is 0 Å². The second-order valence-electron chi connectivity index (χ2n) is 7.32. The summed E-state index contributed by atoms with van der Waals surface area (Å²) in [4.78, 5) is 12.9. The second kappa shape index (κ2) is 10.2. The third-order valence-electron chi connectivity index (χ3n) is 5.07. The number of para-hydroxylation sites is 1. The van der Waals surface area contributed by atoms with E-state index in [1.54, 1.807) is 30.3 Å². The fourth-order valence-electron chi connectivity index (χ4n) is 3.57. The first-order valence-electron chi connectivity index (χ1n) is 10.3. The van der Waals surface area contributed by atoms with E-state index < -0.39 is 23.8 Å². The molecule has 1 N–H and O–H groups in total. The Morgan fingerprint density at radius 3 is 2.61 bits per heavy atom. The van der Waals surface area contributed by atoms with Gasteiger partial charge in [-0.1, -0.05) is 31.5 Å². The summed E-state index contributed by atoms with van der Waals surface area (Å²) in [6, 6.07) is 8.87. The number of alkyl halides is 3. The van der Waals surface area contributed by atoms with Crippen LogP contribution in [0.3, 0.4) is 0 Å². The zero-order valence-electron chi connectivity index (χ0n) is 17.6. The molecule has 0 bridgehead atoms. The lowest BCUT2D eigenvalue weighted by atomic mass is 9.91. The molecule has 3 rings (SSSR count). The number of hydrogen-bond donors (Lipinski definition) is 1. The zero-order valence-corrected chi connectivity index (χ0v) is 17.6. The first kappa shape index (κ1) is 23.1. The minimum atomic E-state index is -4.66. The molecule has 1 saturated heterocycles. The largest absolute Gasteiger partial charge is 0.493 e. The summed E-state index contributed by atoms with van der Waals surface area (Å²) in [7, 11) is 0. The van der Waals surface area contributed by atoms with Crippen molar-refractivity contribution in [1.82, 2.24) is 5.32 Å². The van der Waals surface area contributed by atoms with Gasteiger partial charge in [0.1, 0.15) is 17.1 Å². The van der Waals surface area contributed by atoms with Crippen molar-refractivity contribution in [3.05, 3.63) is 58.7 Å². The molecule has 0 radical (unpaired) electrons. The highest BCUT2D eigenvalue weighted by Crippen LogP contribution is 2.42. The SMILES string of the molecule is CCCCOc1cc(C2COCCN2)c(C(F)(F)F)c(C)c1C(=O)Oc1ccccc1. The molecule has 1 aliphatic rings. The van der Waals surface area contributed by atoms with Crippen molar-refractivity contribution in [3.63, 3.8) is 0 Å². The molecular weight excluding hydrogens is 411 g/mol. The molecule has 1 atom stereocenters. The normalized spacial score (nSPS) is 16.7. The van der Waals surface area contributed by atoms with Crippen molar-refractivity contribution in [2.45, 2.75) is 38.9 Å². The highest BCUT2D eigenvalue weighted by Gasteiger charge is 2.40. The third kappa shape index (κ3) is 5.57. The Kier molecular flexibility index (Phi) is 7.56. The van der Waals surface area contributed by atoms with Gasteiger partial charge < -0.3 is 19.5 Å². The predicted octanol–water partition coefficient (Wildman–Crippen LogP) is 5.07. The minimum absolute atomic E-state index is 0.00691. The number of ether oxygens (including phenoxy) is 3. The highest BCUT2D eigenvalue weighted by atomic mass is 19.4. The number of rotatable bonds is 7. The molecule has 31 heavy (non-hydrogen) atoms. The quantitative estimate of drug-likeness (QED) is 0.372. The molecule has 0 saturated carbocycles. The van der Waals surface area contributed by atoms with Gasteiger partial charge in [0, 0.05) is 6.54 Å². The Bertz CT molecular complexity index is 894. The number of benzene rings is 2. The van der Waals surface area contributed by atoms with Crippen molar-refractivity contribution in [2.75, 3.05) is 26.4 Å². The van der Waals surface area contributed by atoms with E-state index in [2.05, 4.69) is 5.32 Å². The number of nitrogens with one attached hydrogen (secondary N) is 1. The second-order valence-corrected chi connectivity index (χ2v) is 7.32. The Morgan fingerprint density at radius 1 is 1.26 bits per heavy atom. The van der Waals surface area contributed by atoms with Crippen LogP contribution < -0.4 is 14.8 Å². The summed E-state index contributed by atoms with van der Waals surface area (Å²) in [5.74, 6) is -0.561. The van der Waals surface area contributed by atoms with E-state index in [4.69, 9.17) is 14.2 Å². The number of halogens is 3. The fraction of sp³-hybridized carbons (Fsp3) is 0.435. The Balaban J connectivity index is 2.10. The van der Waals surface area contributed by atoms with E-state index >= 15 is 0 Å². The van der Waals surface area contributed by atoms with Crippen LogP contribution in [-0.2, 0) is 10.9 Å². The van der Waals surface area contributed by atoms with E-state index in [-0.39, 0.29) is 41.4 Å². The summed E-state index contributed by atoms with van der Waals surface area (Å²) in [6.45, 7) is 4.50. The first-order chi connectivity index (χ1) is 14.8. The maximum absolute atomic E-state index is 14.1.